The van der Waals surface area contributed by atoms with E-state index >= 15 is 0 Å². The fraction of sp³-hybridized carbons (Fsp3) is 0.346. The van der Waals surface area contributed by atoms with Crippen molar-refractivity contribution in [1.82, 2.24) is 10.3 Å². The number of anilines is 1. The number of amides is 2. The van der Waals surface area contributed by atoms with E-state index in [1.807, 2.05) is 0 Å². The van der Waals surface area contributed by atoms with Crippen molar-refractivity contribution in [3.05, 3.63) is 48.7 Å². The van der Waals surface area contributed by atoms with Gasteiger partial charge in [0.25, 0.3) is 0 Å². The minimum atomic E-state index is -1.20. The summed E-state index contributed by atoms with van der Waals surface area (Å²) in [5.41, 5.74) is 0.0711. The predicted molar refractivity (Wildman–Crippen MR) is 130 cm³/mol. The SMILES string of the molecule is COc1cc2nccc(Oc3ccc(NC(=O)C4(C(=O)NC(C)[C@@H](C)F)CC4)cc3)c2cc1OC. The summed E-state index contributed by atoms with van der Waals surface area (Å²) in [7, 11) is 3.12. The Labute approximate surface area is 202 Å². The van der Waals surface area contributed by atoms with Crippen molar-refractivity contribution in [1.29, 1.82) is 0 Å². The highest BCUT2D eigenvalue weighted by Crippen LogP contribution is 2.47. The second kappa shape index (κ2) is 9.77. The number of carbonyl (C=O) groups is 2. The minimum Gasteiger partial charge on any atom is -0.493 e. The number of hydrogen-bond acceptors (Lipinski definition) is 6. The molecule has 1 fully saturated rings. The molecule has 1 aliphatic rings. The van der Waals surface area contributed by atoms with Gasteiger partial charge in [0.05, 0.1) is 25.8 Å². The molecule has 4 rings (SSSR count). The molecule has 35 heavy (non-hydrogen) atoms. The molecular formula is C26H28FN3O5. The van der Waals surface area contributed by atoms with Gasteiger partial charge in [0.1, 0.15) is 23.1 Å². The Hall–Kier alpha value is -3.88. The highest BCUT2D eigenvalue weighted by atomic mass is 19.1. The largest absolute Gasteiger partial charge is 0.493 e. The normalized spacial score (nSPS) is 15.6. The number of carbonyl (C=O) groups excluding carboxylic acids is 2. The van der Waals surface area contributed by atoms with Crippen LogP contribution in [-0.2, 0) is 9.59 Å². The van der Waals surface area contributed by atoms with Gasteiger partial charge in [0.15, 0.2) is 11.5 Å². The highest BCUT2D eigenvalue weighted by Gasteiger charge is 2.56. The molecule has 2 atom stereocenters. The van der Waals surface area contributed by atoms with Crippen LogP contribution in [0.4, 0.5) is 10.1 Å². The van der Waals surface area contributed by atoms with Crippen molar-refractivity contribution in [2.45, 2.75) is 38.9 Å². The van der Waals surface area contributed by atoms with E-state index in [1.54, 1.807) is 69.8 Å². The Morgan fingerprint density at radius 2 is 1.63 bits per heavy atom. The third-order valence-electron chi connectivity index (χ3n) is 6.21. The lowest BCUT2D eigenvalue weighted by Gasteiger charge is -2.20. The first-order chi connectivity index (χ1) is 16.8. The van der Waals surface area contributed by atoms with Crippen LogP contribution >= 0.6 is 0 Å². The van der Waals surface area contributed by atoms with Gasteiger partial charge in [-0.3, -0.25) is 14.6 Å². The molecule has 0 spiro atoms. The van der Waals surface area contributed by atoms with Crippen LogP contribution in [0.5, 0.6) is 23.0 Å². The van der Waals surface area contributed by atoms with Gasteiger partial charge in [-0.15, -0.1) is 0 Å². The van der Waals surface area contributed by atoms with Crippen LogP contribution in [0.15, 0.2) is 48.7 Å². The quantitative estimate of drug-likeness (QED) is 0.433. The molecule has 3 aromatic rings. The maximum Gasteiger partial charge on any atom is 0.240 e. The molecule has 184 valence electrons. The average Bonchev–Trinajstić information content (AvgIpc) is 3.67. The number of nitrogens with zero attached hydrogens (tertiary/aromatic N) is 1. The van der Waals surface area contributed by atoms with E-state index in [0.29, 0.717) is 47.0 Å². The maximum atomic E-state index is 13.4. The first-order valence-corrected chi connectivity index (χ1v) is 11.3. The molecular weight excluding hydrogens is 453 g/mol. The van der Waals surface area contributed by atoms with Gasteiger partial charge in [-0.1, -0.05) is 0 Å². The molecule has 2 aromatic carbocycles. The van der Waals surface area contributed by atoms with Crippen molar-refractivity contribution >= 4 is 28.4 Å². The van der Waals surface area contributed by atoms with Crippen molar-refractivity contribution < 1.29 is 28.2 Å². The van der Waals surface area contributed by atoms with Gasteiger partial charge in [0.2, 0.25) is 11.8 Å². The van der Waals surface area contributed by atoms with Crippen molar-refractivity contribution in [3.63, 3.8) is 0 Å². The van der Waals surface area contributed by atoms with E-state index in [-0.39, 0.29) is 0 Å². The number of aromatic nitrogens is 1. The Balaban J connectivity index is 1.46. The number of alkyl halides is 1. The molecule has 1 aliphatic carbocycles. The second-order valence-electron chi connectivity index (χ2n) is 8.64. The number of fused-ring (bicyclic) bond motifs is 1. The first kappa shape index (κ1) is 24.3. The summed E-state index contributed by atoms with van der Waals surface area (Å²) < 4.78 is 30.2. The van der Waals surface area contributed by atoms with Crippen LogP contribution in [0.2, 0.25) is 0 Å². The zero-order chi connectivity index (χ0) is 25.2. The third-order valence-corrected chi connectivity index (χ3v) is 6.21. The number of methoxy groups -OCH3 is 2. The number of benzene rings is 2. The topological polar surface area (TPSA) is 98.8 Å². The van der Waals surface area contributed by atoms with E-state index in [0.717, 1.165) is 5.39 Å². The lowest BCUT2D eigenvalue weighted by molar-refractivity contribution is -0.135. The van der Waals surface area contributed by atoms with Gasteiger partial charge < -0.3 is 24.8 Å². The number of rotatable bonds is 9. The Morgan fingerprint density at radius 3 is 2.23 bits per heavy atom. The molecule has 0 aliphatic heterocycles. The van der Waals surface area contributed by atoms with E-state index in [9.17, 15) is 14.0 Å². The minimum absolute atomic E-state index is 0.399. The molecule has 1 aromatic heterocycles. The van der Waals surface area contributed by atoms with E-state index in [2.05, 4.69) is 15.6 Å². The van der Waals surface area contributed by atoms with Crippen molar-refractivity contribution in [2.75, 3.05) is 19.5 Å². The molecule has 1 unspecified atom stereocenters. The molecule has 0 bridgehead atoms. The summed E-state index contributed by atoms with van der Waals surface area (Å²) in [6, 6.07) is 11.5. The number of ether oxygens (including phenoxy) is 3. The van der Waals surface area contributed by atoms with Gasteiger partial charge in [-0.2, -0.15) is 0 Å². The molecule has 1 heterocycles. The summed E-state index contributed by atoms with van der Waals surface area (Å²) in [5, 5.41) is 6.14. The average molecular weight is 482 g/mol. The van der Waals surface area contributed by atoms with Crippen LogP contribution in [0.25, 0.3) is 10.9 Å². The summed E-state index contributed by atoms with van der Waals surface area (Å²) in [6.07, 6.45) is 1.31. The molecule has 2 N–H and O–H groups in total. The lowest BCUT2D eigenvalue weighted by Crippen LogP contribution is -2.46. The molecule has 1 saturated carbocycles. The van der Waals surface area contributed by atoms with Crippen molar-refractivity contribution in [3.8, 4) is 23.0 Å². The molecule has 8 nitrogen and oxygen atoms in total. The smallest absolute Gasteiger partial charge is 0.240 e. The standard InChI is InChI=1S/C26H28FN3O5/c1-15(27)16(2)29-24(31)26(10-11-26)25(32)30-17-5-7-18(8-6-17)35-21-9-12-28-20-14-23(34-4)22(33-3)13-19(20)21/h5-9,12-16H,10-11H2,1-4H3,(H,29,31)(H,30,32)/t15-,16?/m1/s1. The van der Waals surface area contributed by atoms with Crippen LogP contribution in [0, 0.1) is 5.41 Å². The second-order valence-corrected chi connectivity index (χ2v) is 8.64. The van der Waals surface area contributed by atoms with E-state index < -0.39 is 29.4 Å². The number of halogens is 1. The van der Waals surface area contributed by atoms with E-state index in [4.69, 9.17) is 14.2 Å². The van der Waals surface area contributed by atoms with E-state index in [1.165, 1.54) is 6.92 Å². The summed E-state index contributed by atoms with van der Waals surface area (Å²) >= 11 is 0. The maximum absolute atomic E-state index is 13.4. The van der Waals surface area contributed by atoms with Gasteiger partial charge in [-0.25, -0.2) is 4.39 Å². The number of pyridine rings is 1. The molecule has 0 saturated heterocycles. The highest BCUT2D eigenvalue weighted by molar-refractivity contribution is 6.13. The molecule has 9 heteroatoms. The van der Waals surface area contributed by atoms with Crippen molar-refractivity contribution in [2.24, 2.45) is 5.41 Å². The predicted octanol–water partition coefficient (Wildman–Crippen LogP) is 4.63. The summed E-state index contributed by atoms with van der Waals surface area (Å²) in [4.78, 5) is 29.7. The number of nitrogens with one attached hydrogen (secondary N) is 2. The number of hydrogen-bond donors (Lipinski definition) is 2. The summed E-state index contributed by atoms with van der Waals surface area (Å²) in [6.45, 7) is 2.95. The monoisotopic (exact) mass is 481 g/mol. The Morgan fingerprint density at radius 1 is 0.971 bits per heavy atom. The molecule has 2 amide bonds. The Kier molecular flexibility index (Phi) is 6.77. The zero-order valence-corrected chi connectivity index (χ0v) is 20.1. The fourth-order valence-corrected chi connectivity index (χ4v) is 3.66. The zero-order valence-electron chi connectivity index (χ0n) is 20.1. The Bertz CT molecular complexity index is 1240. The first-order valence-electron chi connectivity index (χ1n) is 11.3. The van der Waals surface area contributed by atoms with Crippen LogP contribution < -0.4 is 24.8 Å². The fourth-order valence-electron chi connectivity index (χ4n) is 3.66. The van der Waals surface area contributed by atoms with Gasteiger partial charge in [-0.05, 0) is 63.1 Å². The molecule has 0 radical (unpaired) electrons. The lowest BCUT2D eigenvalue weighted by atomic mass is 10.0. The van der Waals surface area contributed by atoms with Gasteiger partial charge >= 0.3 is 0 Å². The van der Waals surface area contributed by atoms with Gasteiger partial charge in [0, 0.05) is 23.3 Å². The van der Waals surface area contributed by atoms with Crippen LogP contribution in [-0.4, -0.2) is 43.2 Å². The van der Waals surface area contributed by atoms with Crippen LogP contribution in [0.3, 0.4) is 0 Å². The summed E-state index contributed by atoms with van der Waals surface area (Å²) in [5.74, 6) is 1.42. The third kappa shape index (κ3) is 4.99. The van der Waals surface area contributed by atoms with Crippen LogP contribution in [0.1, 0.15) is 26.7 Å².